The Morgan fingerprint density at radius 1 is 1.32 bits per heavy atom. The molecule has 0 bridgehead atoms. The summed E-state index contributed by atoms with van der Waals surface area (Å²) < 4.78 is 5.10. The van der Waals surface area contributed by atoms with Crippen molar-refractivity contribution in [2.45, 2.75) is 13.0 Å². The number of rotatable bonds is 6. The monoisotopic (exact) mass is 259 g/mol. The summed E-state index contributed by atoms with van der Waals surface area (Å²) in [6.45, 7) is 2.19. The van der Waals surface area contributed by atoms with Crippen LogP contribution in [0.25, 0.3) is 10.9 Å². The molecule has 2 aromatic rings. The Morgan fingerprint density at radius 2 is 2.11 bits per heavy atom. The number of aromatic nitrogens is 1. The zero-order chi connectivity index (χ0) is 13.7. The van der Waals surface area contributed by atoms with Crippen LogP contribution in [0, 0.1) is 0 Å². The Hall–Kier alpha value is -1.65. The van der Waals surface area contributed by atoms with Crippen LogP contribution in [-0.2, 0) is 11.3 Å². The van der Waals surface area contributed by atoms with Gasteiger partial charge in [-0.2, -0.15) is 0 Å². The lowest BCUT2D eigenvalue weighted by Crippen LogP contribution is -2.20. The minimum absolute atomic E-state index is 0.462. The van der Waals surface area contributed by atoms with Gasteiger partial charge in [-0.3, -0.25) is 4.98 Å². The first-order chi connectivity index (χ1) is 9.26. The lowest BCUT2D eigenvalue weighted by Gasteiger charge is -2.21. The molecule has 0 unspecified atom stereocenters. The number of ether oxygens (including phenoxy) is 1. The number of nitrogens with zero attached hydrogens (tertiary/aromatic N) is 2. The highest BCUT2D eigenvalue weighted by molar-refractivity contribution is 5.91. The van der Waals surface area contributed by atoms with E-state index in [0.29, 0.717) is 6.54 Å². The van der Waals surface area contributed by atoms with Gasteiger partial charge in [0.15, 0.2) is 0 Å². The Kier molecular flexibility index (Phi) is 4.71. The van der Waals surface area contributed by atoms with Crippen molar-refractivity contribution in [2.75, 3.05) is 32.2 Å². The smallest absolute Gasteiger partial charge is 0.0726 e. The van der Waals surface area contributed by atoms with Crippen LogP contribution in [0.15, 0.2) is 30.3 Å². The minimum Gasteiger partial charge on any atom is -0.385 e. The van der Waals surface area contributed by atoms with Crippen LogP contribution in [0.5, 0.6) is 0 Å². The highest BCUT2D eigenvalue weighted by Crippen LogP contribution is 2.26. The van der Waals surface area contributed by atoms with Crippen LogP contribution >= 0.6 is 0 Å². The van der Waals surface area contributed by atoms with Crippen LogP contribution in [-0.4, -0.2) is 32.3 Å². The van der Waals surface area contributed by atoms with E-state index in [1.54, 1.807) is 7.11 Å². The summed E-state index contributed by atoms with van der Waals surface area (Å²) in [5.41, 5.74) is 8.84. The number of anilines is 1. The second-order valence-corrected chi connectivity index (χ2v) is 4.62. The highest BCUT2D eigenvalue weighted by Gasteiger charge is 2.08. The quantitative estimate of drug-likeness (QED) is 0.808. The van der Waals surface area contributed by atoms with E-state index in [4.69, 9.17) is 10.5 Å². The molecule has 0 radical (unpaired) electrons. The van der Waals surface area contributed by atoms with E-state index in [2.05, 4.69) is 29.1 Å². The fourth-order valence-corrected chi connectivity index (χ4v) is 2.20. The number of methoxy groups -OCH3 is 1. The van der Waals surface area contributed by atoms with E-state index in [1.165, 1.54) is 11.1 Å². The second-order valence-electron chi connectivity index (χ2n) is 4.62. The predicted octanol–water partition coefficient (Wildman–Crippen LogP) is 2.17. The van der Waals surface area contributed by atoms with Crippen molar-refractivity contribution in [2.24, 2.45) is 5.73 Å². The Balaban J connectivity index is 2.34. The van der Waals surface area contributed by atoms with E-state index < -0.39 is 0 Å². The van der Waals surface area contributed by atoms with Crippen molar-refractivity contribution in [1.82, 2.24) is 4.98 Å². The number of para-hydroxylation sites is 1. The van der Waals surface area contributed by atoms with E-state index in [-0.39, 0.29) is 0 Å². The molecule has 1 aromatic heterocycles. The minimum atomic E-state index is 0.462. The third kappa shape index (κ3) is 3.22. The lowest BCUT2D eigenvalue weighted by molar-refractivity contribution is 0.196. The Labute approximate surface area is 114 Å². The first-order valence-corrected chi connectivity index (χ1v) is 6.55. The van der Waals surface area contributed by atoms with Crippen molar-refractivity contribution >= 4 is 16.6 Å². The summed E-state index contributed by atoms with van der Waals surface area (Å²) in [6, 6.07) is 10.3. The maximum atomic E-state index is 5.73. The number of fused-ring (bicyclic) bond motifs is 1. The van der Waals surface area contributed by atoms with Crippen LogP contribution in [0.2, 0.25) is 0 Å². The summed E-state index contributed by atoms with van der Waals surface area (Å²) in [6.07, 6.45) is 1.00. The standard InChI is InChI=1S/C15H21N3O/c1-18(8-5-9-19-2)15-10-12(11-16)17-14-7-4-3-6-13(14)15/h3-4,6-7,10H,5,8-9,11,16H2,1-2H3. The summed E-state index contributed by atoms with van der Waals surface area (Å²) in [7, 11) is 3.83. The van der Waals surface area contributed by atoms with E-state index in [0.717, 1.165) is 30.8 Å². The zero-order valence-electron chi connectivity index (χ0n) is 11.6. The van der Waals surface area contributed by atoms with Gasteiger partial charge in [0, 0.05) is 44.9 Å². The van der Waals surface area contributed by atoms with Crippen LogP contribution in [0.3, 0.4) is 0 Å². The maximum absolute atomic E-state index is 5.73. The SMILES string of the molecule is COCCCN(C)c1cc(CN)nc2ccccc12. The first kappa shape index (κ1) is 13.8. The van der Waals surface area contributed by atoms with Crippen molar-refractivity contribution < 1.29 is 4.74 Å². The molecule has 102 valence electrons. The zero-order valence-corrected chi connectivity index (χ0v) is 11.6. The highest BCUT2D eigenvalue weighted by atomic mass is 16.5. The molecule has 0 aliphatic heterocycles. The van der Waals surface area contributed by atoms with Gasteiger partial charge < -0.3 is 15.4 Å². The predicted molar refractivity (Wildman–Crippen MR) is 79.4 cm³/mol. The van der Waals surface area contributed by atoms with Gasteiger partial charge >= 0.3 is 0 Å². The van der Waals surface area contributed by atoms with Crippen molar-refractivity contribution in [1.29, 1.82) is 0 Å². The van der Waals surface area contributed by atoms with Gasteiger partial charge in [0.05, 0.1) is 11.2 Å². The van der Waals surface area contributed by atoms with Crippen LogP contribution < -0.4 is 10.6 Å². The molecular formula is C15H21N3O. The molecule has 0 amide bonds. The molecule has 1 aromatic carbocycles. The average molecular weight is 259 g/mol. The molecule has 19 heavy (non-hydrogen) atoms. The molecule has 0 aliphatic carbocycles. The summed E-state index contributed by atoms with van der Waals surface area (Å²) in [5.74, 6) is 0. The van der Waals surface area contributed by atoms with Crippen LogP contribution in [0.1, 0.15) is 12.1 Å². The van der Waals surface area contributed by atoms with E-state index >= 15 is 0 Å². The van der Waals surface area contributed by atoms with Gasteiger partial charge in [0.1, 0.15) is 0 Å². The molecule has 0 saturated carbocycles. The van der Waals surface area contributed by atoms with Gasteiger partial charge in [-0.25, -0.2) is 0 Å². The third-order valence-electron chi connectivity index (χ3n) is 3.21. The number of pyridine rings is 1. The first-order valence-electron chi connectivity index (χ1n) is 6.55. The number of hydrogen-bond donors (Lipinski definition) is 1. The molecule has 2 rings (SSSR count). The molecule has 4 nitrogen and oxygen atoms in total. The van der Waals surface area contributed by atoms with Gasteiger partial charge in [0.25, 0.3) is 0 Å². The fraction of sp³-hybridized carbons (Fsp3) is 0.400. The molecule has 1 heterocycles. The van der Waals surface area contributed by atoms with E-state index in [1.807, 2.05) is 18.2 Å². The maximum Gasteiger partial charge on any atom is 0.0726 e. The molecular weight excluding hydrogens is 238 g/mol. The summed E-state index contributed by atoms with van der Waals surface area (Å²) in [5, 5.41) is 1.17. The average Bonchev–Trinajstić information content (AvgIpc) is 2.46. The lowest BCUT2D eigenvalue weighted by atomic mass is 10.1. The van der Waals surface area contributed by atoms with Crippen molar-refractivity contribution in [3.05, 3.63) is 36.0 Å². The molecule has 0 aliphatic rings. The number of nitrogens with two attached hydrogens (primary N) is 1. The second kappa shape index (κ2) is 6.50. The normalized spacial score (nSPS) is 10.9. The Bertz CT molecular complexity index is 542. The number of benzene rings is 1. The largest absolute Gasteiger partial charge is 0.385 e. The van der Waals surface area contributed by atoms with Gasteiger partial charge in [-0.05, 0) is 18.6 Å². The van der Waals surface area contributed by atoms with Gasteiger partial charge in [-0.1, -0.05) is 18.2 Å². The van der Waals surface area contributed by atoms with Crippen molar-refractivity contribution in [3.63, 3.8) is 0 Å². The van der Waals surface area contributed by atoms with Crippen LogP contribution in [0.4, 0.5) is 5.69 Å². The van der Waals surface area contributed by atoms with E-state index in [9.17, 15) is 0 Å². The molecule has 4 heteroatoms. The molecule has 2 N–H and O–H groups in total. The molecule has 0 spiro atoms. The Morgan fingerprint density at radius 3 is 2.84 bits per heavy atom. The molecule has 0 atom stereocenters. The van der Waals surface area contributed by atoms with Gasteiger partial charge in [-0.15, -0.1) is 0 Å². The number of hydrogen-bond acceptors (Lipinski definition) is 4. The van der Waals surface area contributed by atoms with Gasteiger partial charge in [0.2, 0.25) is 0 Å². The topological polar surface area (TPSA) is 51.4 Å². The van der Waals surface area contributed by atoms with Crippen molar-refractivity contribution in [3.8, 4) is 0 Å². The molecule has 0 saturated heterocycles. The third-order valence-corrected chi connectivity index (χ3v) is 3.21. The fourth-order valence-electron chi connectivity index (χ4n) is 2.20. The summed E-state index contributed by atoms with van der Waals surface area (Å²) in [4.78, 5) is 6.80. The molecule has 0 fully saturated rings. The summed E-state index contributed by atoms with van der Waals surface area (Å²) >= 11 is 0.